The molecule has 0 spiro atoms. The van der Waals surface area contributed by atoms with Crippen LogP contribution in [0, 0.1) is 0 Å². The first-order chi connectivity index (χ1) is 10.0. The van der Waals surface area contributed by atoms with E-state index in [9.17, 15) is 4.79 Å². The van der Waals surface area contributed by atoms with Gasteiger partial charge in [0, 0.05) is 5.69 Å². The number of halogens is 2. The predicted octanol–water partition coefficient (Wildman–Crippen LogP) is 3.86. The second kappa shape index (κ2) is 5.63. The molecule has 2 heterocycles. The van der Waals surface area contributed by atoms with E-state index in [4.69, 9.17) is 23.2 Å². The van der Waals surface area contributed by atoms with Crippen LogP contribution < -0.4 is 10.9 Å². The summed E-state index contributed by atoms with van der Waals surface area (Å²) < 4.78 is 0.472. The molecule has 0 fully saturated rings. The van der Waals surface area contributed by atoms with Gasteiger partial charge in [-0.15, -0.1) is 11.3 Å². The van der Waals surface area contributed by atoms with E-state index in [0.717, 1.165) is 10.7 Å². The van der Waals surface area contributed by atoms with Gasteiger partial charge in [0.15, 0.2) is 5.15 Å². The van der Waals surface area contributed by atoms with Gasteiger partial charge in [-0.1, -0.05) is 23.2 Å². The first-order valence-electron chi connectivity index (χ1n) is 6.10. The van der Waals surface area contributed by atoms with Gasteiger partial charge in [0.1, 0.15) is 9.34 Å². The molecule has 0 amide bonds. The fourth-order valence-corrected chi connectivity index (χ4v) is 3.18. The first kappa shape index (κ1) is 14.3. The summed E-state index contributed by atoms with van der Waals surface area (Å²) in [5, 5.41) is 4.89. The molecule has 1 atom stereocenters. The number of nitrogens with one attached hydrogen (secondary N) is 2. The molecule has 108 valence electrons. The number of thiazole rings is 1. The highest BCUT2D eigenvalue weighted by molar-refractivity contribution is 7.16. The van der Waals surface area contributed by atoms with E-state index in [1.807, 2.05) is 13.0 Å². The minimum atomic E-state index is -0.170. The van der Waals surface area contributed by atoms with Crippen molar-refractivity contribution in [1.82, 2.24) is 15.0 Å². The molecule has 0 bridgehead atoms. The number of benzene rings is 1. The van der Waals surface area contributed by atoms with Crippen molar-refractivity contribution < 1.29 is 0 Å². The van der Waals surface area contributed by atoms with Gasteiger partial charge < -0.3 is 10.3 Å². The Hall–Kier alpha value is -1.63. The minimum absolute atomic E-state index is 0.0757. The van der Waals surface area contributed by atoms with Crippen LogP contribution in [0.4, 0.5) is 5.69 Å². The second-order valence-electron chi connectivity index (χ2n) is 4.45. The Labute approximate surface area is 134 Å². The lowest BCUT2D eigenvalue weighted by atomic mass is 10.2. The van der Waals surface area contributed by atoms with Crippen LogP contribution in [0.15, 0.2) is 29.3 Å². The van der Waals surface area contributed by atoms with Crippen molar-refractivity contribution >= 4 is 51.1 Å². The van der Waals surface area contributed by atoms with Crippen molar-refractivity contribution in [2.24, 2.45) is 0 Å². The fraction of sp³-hybridized carbons (Fsp3) is 0.154. The van der Waals surface area contributed by atoms with Crippen LogP contribution in [0.5, 0.6) is 0 Å². The van der Waals surface area contributed by atoms with Crippen LogP contribution in [0.3, 0.4) is 0 Å². The van der Waals surface area contributed by atoms with Crippen molar-refractivity contribution in [3.05, 3.63) is 49.4 Å². The molecule has 21 heavy (non-hydrogen) atoms. The molecule has 0 aliphatic heterocycles. The Balaban J connectivity index is 1.91. The molecule has 0 aliphatic rings. The van der Waals surface area contributed by atoms with E-state index in [1.54, 1.807) is 12.1 Å². The maximum atomic E-state index is 11.8. The van der Waals surface area contributed by atoms with E-state index < -0.39 is 0 Å². The Bertz CT molecular complexity index is 841. The number of hydrogen-bond donors (Lipinski definition) is 2. The molecular weight excluding hydrogens is 331 g/mol. The molecular formula is C13H10Cl2N4OS. The highest BCUT2D eigenvalue weighted by Gasteiger charge is 2.14. The van der Waals surface area contributed by atoms with E-state index in [0.29, 0.717) is 20.4 Å². The fourth-order valence-electron chi connectivity index (χ4n) is 1.95. The normalized spacial score (nSPS) is 12.5. The Morgan fingerprint density at radius 3 is 2.90 bits per heavy atom. The largest absolute Gasteiger partial charge is 0.376 e. The molecule has 2 aromatic heterocycles. The third-order valence-corrected chi connectivity index (χ3v) is 4.88. The molecule has 0 saturated carbocycles. The summed E-state index contributed by atoms with van der Waals surface area (Å²) in [6.07, 6.45) is 1.39. The summed E-state index contributed by atoms with van der Waals surface area (Å²) in [4.78, 5) is 22.6. The standard InChI is InChI=1S/C13H10Cl2N4OS/c1-6(13-19-10(14)11(15)21-13)18-7-2-3-9-8(4-7)12(20)17-5-16-9/h2-6,18H,1H3,(H,16,17,20). The quantitative estimate of drug-likeness (QED) is 0.759. The Kier molecular flexibility index (Phi) is 3.84. The lowest BCUT2D eigenvalue weighted by molar-refractivity contribution is 0.870. The Morgan fingerprint density at radius 2 is 2.19 bits per heavy atom. The van der Waals surface area contributed by atoms with Crippen LogP contribution in [-0.2, 0) is 0 Å². The van der Waals surface area contributed by atoms with Gasteiger partial charge in [0.2, 0.25) is 0 Å². The molecule has 1 unspecified atom stereocenters. The SMILES string of the molecule is CC(Nc1ccc2nc[nH]c(=O)c2c1)c1nc(Cl)c(Cl)s1. The molecule has 3 aromatic rings. The number of aromatic amines is 1. The van der Waals surface area contributed by atoms with E-state index in [-0.39, 0.29) is 11.6 Å². The summed E-state index contributed by atoms with van der Waals surface area (Å²) in [6.45, 7) is 1.95. The third-order valence-electron chi connectivity index (χ3n) is 2.96. The number of rotatable bonds is 3. The summed E-state index contributed by atoms with van der Waals surface area (Å²) in [7, 11) is 0. The number of H-pyrrole nitrogens is 1. The molecule has 1 aromatic carbocycles. The number of hydrogen-bond acceptors (Lipinski definition) is 5. The Morgan fingerprint density at radius 1 is 1.38 bits per heavy atom. The minimum Gasteiger partial charge on any atom is -0.376 e. The summed E-state index contributed by atoms with van der Waals surface area (Å²) in [5.74, 6) is 0. The highest BCUT2D eigenvalue weighted by atomic mass is 35.5. The summed E-state index contributed by atoms with van der Waals surface area (Å²) in [6, 6.07) is 5.34. The van der Waals surface area contributed by atoms with Gasteiger partial charge >= 0.3 is 0 Å². The van der Waals surface area contributed by atoms with Crippen LogP contribution in [0.25, 0.3) is 10.9 Å². The lowest BCUT2D eigenvalue weighted by Crippen LogP contribution is -2.09. The van der Waals surface area contributed by atoms with Gasteiger partial charge in [-0.05, 0) is 25.1 Å². The van der Waals surface area contributed by atoms with Gasteiger partial charge in [-0.3, -0.25) is 4.79 Å². The smallest absolute Gasteiger partial charge is 0.258 e. The first-order valence-corrected chi connectivity index (χ1v) is 7.67. The predicted molar refractivity (Wildman–Crippen MR) is 86.5 cm³/mol. The summed E-state index contributed by atoms with van der Waals surface area (Å²) >= 11 is 13.1. The number of anilines is 1. The zero-order valence-corrected chi connectivity index (χ0v) is 13.2. The zero-order chi connectivity index (χ0) is 15.0. The van der Waals surface area contributed by atoms with Crippen LogP contribution in [0.2, 0.25) is 9.49 Å². The molecule has 0 aliphatic carbocycles. The third kappa shape index (κ3) is 2.88. The molecule has 0 radical (unpaired) electrons. The number of aromatic nitrogens is 3. The monoisotopic (exact) mass is 340 g/mol. The molecule has 0 saturated heterocycles. The zero-order valence-electron chi connectivity index (χ0n) is 10.9. The van der Waals surface area contributed by atoms with Gasteiger partial charge in [0.05, 0.1) is 23.3 Å². The van der Waals surface area contributed by atoms with Crippen molar-refractivity contribution in [1.29, 1.82) is 0 Å². The maximum Gasteiger partial charge on any atom is 0.258 e. The van der Waals surface area contributed by atoms with E-state index in [2.05, 4.69) is 20.3 Å². The van der Waals surface area contributed by atoms with Gasteiger partial charge in [-0.25, -0.2) is 9.97 Å². The summed E-state index contributed by atoms with van der Waals surface area (Å²) in [5.41, 5.74) is 1.28. The molecule has 8 heteroatoms. The van der Waals surface area contributed by atoms with Crippen LogP contribution in [0.1, 0.15) is 18.0 Å². The number of nitrogens with zero attached hydrogens (tertiary/aromatic N) is 2. The van der Waals surface area contributed by atoms with Crippen LogP contribution >= 0.6 is 34.5 Å². The van der Waals surface area contributed by atoms with Crippen molar-refractivity contribution in [2.45, 2.75) is 13.0 Å². The van der Waals surface area contributed by atoms with Gasteiger partial charge in [0.25, 0.3) is 5.56 Å². The topological polar surface area (TPSA) is 70.7 Å². The highest BCUT2D eigenvalue weighted by Crippen LogP contribution is 2.32. The van der Waals surface area contributed by atoms with Crippen molar-refractivity contribution in [2.75, 3.05) is 5.32 Å². The number of fused-ring (bicyclic) bond motifs is 1. The van der Waals surface area contributed by atoms with Crippen LogP contribution in [-0.4, -0.2) is 15.0 Å². The molecule has 3 rings (SSSR count). The lowest BCUT2D eigenvalue weighted by Gasteiger charge is -2.12. The van der Waals surface area contributed by atoms with Gasteiger partial charge in [-0.2, -0.15) is 0 Å². The second-order valence-corrected chi connectivity index (χ2v) is 6.44. The van der Waals surface area contributed by atoms with Crippen molar-refractivity contribution in [3.8, 4) is 0 Å². The average Bonchev–Trinajstić information content (AvgIpc) is 2.80. The van der Waals surface area contributed by atoms with E-state index in [1.165, 1.54) is 17.7 Å². The maximum absolute atomic E-state index is 11.8. The van der Waals surface area contributed by atoms with E-state index >= 15 is 0 Å². The van der Waals surface area contributed by atoms with Crippen molar-refractivity contribution in [3.63, 3.8) is 0 Å². The average molecular weight is 341 g/mol. The molecule has 2 N–H and O–H groups in total. The molecule has 5 nitrogen and oxygen atoms in total.